The second-order valence-corrected chi connectivity index (χ2v) is 6.59. The SMILES string of the molecule is CN=C(NCc1ccc(OC)cc1OC)NCC(C)COCc1ccccc1.I. The summed E-state index contributed by atoms with van der Waals surface area (Å²) in [5.74, 6) is 2.66. The van der Waals surface area contributed by atoms with Crippen molar-refractivity contribution in [2.24, 2.45) is 10.9 Å². The molecule has 0 aliphatic heterocycles. The summed E-state index contributed by atoms with van der Waals surface area (Å²) in [5.41, 5.74) is 2.22. The predicted octanol–water partition coefficient (Wildman–Crippen LogP) is 3.84. The molecule has 0 radical (unpaired) electrons. The van der Waals surface area contributed by atoms with Crippen molar-refractivity contribution in [3.05, 3.63) is 59.7 Å². The number of guanidine groups is 1. The van der Waals surface area contributed by atoms with E-state index in [1.165, 1.54) is 5.56 Å². The fourth-order valence-electron chi connectivity index (χ4n) is 2.68. The van der Waals surface area contributed by atoms with Crippen molar-refractivity contribution in [2.45, 2.75) is 20.1 Å². The van der Waals surface area contributed by atoms with Crippen LogP contribution >= 0.6 is 24.0 Å². The third-order valence-electron chi connectivity index (χ3n) is 4.30. The zero-order chi connectivity index (χ0) is 20.2. The maximum atomic E-state index is 5.80. The number of ether oxygens (including phenoxy) is 3. The van der Waals surface area contributed by atoms with E-state index in [2.05, 4.69) is 34.7 Å². The molecule has 2 N–H and O–H groups in total. The van der Waals surface area contributed by atoms with Crippen LogP contribution in [-0.2, 0) is 17.9 Å². The highest BCUT2D eigenvalue weighted by Crippen LogP contribution is 2.24. The first kappa shape index (κ1) is 25.0. The first-order valence-corrected chi connectivity index (χ1v) is 9.43. The average molecular weight is 513 g/mol. The zero-order valence-corrected chi connectivity index (χ0v) is 19.9. The molecule has 0 saturated heterocycles. The molecule has 6 nitrogen and oxygen atoms in total. The van der Waals surface area contributed by atoms with Crippen molar-refractivity contribution < 1.29 is 14.2 Å². The van der Waals surface area contributed by atoms with Crippen molar-refractivity contribution >= 4 is 29.9 Å². The largest absolute Gasteiger partial charge is 0.497 e. The molecule has 0 aliphatic carbocycles. The van der Waals surface area contributed by atoms with E-state index in [1.807, 2.05) is 36.4 Å². The second kappa shape index (κ2) is 14.1. The van der Waals surface area contributed by atoms with Gasteiger partial charge in [0.25, 0.3) is 0 Å². The van der Waals surface area contributed by atoms with Gasteiger partial charge in [0, 0.05) is 31.8 Å². The maximum absolute atomic E-state index is 5.80. The van der Waals surface area contributed by atoms with E-state index < -0.39 is 0 Å². The van der Waals surface area contributed by atoms with Gasteiger partial charge < -0.3 is 24.8 Å². The van der Waals surface area contributed by atoms with Gasteiger partial charge in [-0.05, 0) is 23.6 Å². The molecule has 0 fully saturated rings. The number of hydrogen-bond acceptors (Lipinski definition) is 4. The summed E-state index contributed by atoms with van der Waals surface area (Å²) in [6.07, 6.45) is 0. The first-order valence-electron chi connectivity index (χ1n) is 9.43. The molecule has 0 amide bonds. The minimum absolute atomic E-state index is 0. The Morgan fingerprint density at radius 1 is 1.03 bits per heavy atom. The van der Waals surface area contributed by atoms with Gasteiger partial charge in [-0.2, -0.15) is 0 Å². The Morgan fingerprint density at radius 3 is 2.45 bits per heavy atom. The van der Waals surface area contributed by atoms with E-state index in [4.69, 9.17) is 14.2 Å². The van der Waals surface area contributed by atoms with Gasteiger partial charge in [-0.15, -0.1) is 24.0 Å². The van der Waals surface area contributed by atoms with Crippen LogP contribution in [0.5, 0.6) is 11.5 Å². The Morgan fingerprint density at radius 2 is 1.79 bits per heavy atom. The molecule has 0 aromatic heterocycles. The Bertz CT molecular complexity index is 741. The molecule has 7 heteroatoms. The van der Waals surface area contributed by atoms with Gasteiger partial charge in [-0.25, -0.2) is 0 Å². The number of nitrogens with zero attached hydrogens (tertiary/aromatic N) is 1. The quantitative estimate of drug-likeness (QED) is 0.287. The van der Waals surface area contributed by atoms with E-state index in [9.17, 15) is 0 Å². The van der Waals surface area contributed by atoms with E-state index in [1.54, 1.807) is 21.3 Å². The van der Waals surface area contributed by atoms with Crippen molar-refractivity contribution in [1.29, 1.82) is 0 Å². The summed E-state index contributed by atoms with van der Waals surface area (Å²) in [6, 6.07) is 16.0. The maximum Gasteiger partial charge on any atom is 0.191 e. The van der Waals surface area contributed by atoms with Crippen molar-refractivity contribution in [3.8, 4) is 11.5 Å². The third kappa shape index (κ3) is 8.91. The molecule has 0 saturated carbocycles. The monoisotopic (exact) mass is 513 g/mol. The molecular formula is C22H32IN3O3. The highest BCUT2D eigenvalue weighted by atomic mass is 127. The fourth-order valence-corrected chi connectivity index (χ4v) is 2.68. The summed E-state index contributed by atoms with van der Waals surface area (Å²) in [7, 11) is 5.06. The van der Waals surface area contributed by atoms with Crippen LogP contribution in [0.1, 0.15) is 18.1 Å². The fraction of sp³-hybridized carbons (Fsp3) is 0.409. The van der Waals surface area contributed by atoms with E-state index in [-0.39, 0.29) is 24.0 Å². The topological polar surface area (TPSA) is 64.1 Å². The van der Waals surface area contributed by atoms with Gasteiger partial charge in [0.2, 0.25) is 0 Å². The van der Waals surface area contributed by atoms with Gasteiger partial charge in [-0.3, -0.25) is 4.99 Å². The smallest absolute Gasteiger partial charge is 0.191 e. The third-order valence-corrected chi connectivity index (χ3v) is 4.30. The average Bonchev–Trinajstić information content (AvgIpc) is 2.74. The number of aliphatic imine (C=N–C) groups is 1. The second-order valence-electron chi connectivity index (χ2n) is 6.59. The molecule has 0 heterocycles. The minimum Gasteiger partial charge on any atom is -0.497 e. The lowest BCUT2D eigenvalue weighted by Crippen LogP contribution is -2.39. The van der Waals surface area contributed by atoms with E-state index in [0.29, 0.717) is 25.7 Å². The number of hydrogen-bond donors (Lipinski definition) is 2. The minimum atomic E-state index is 0. The summed E-state index contributed by atoms with van der Waals surface area (Å²) < 4.78 is 16.5. The van der Waals surface area contributed by atoms with Gasteiger partial charge in [0.05, 0.1) is 27.4 Å². The van der Waals surface area contributed by atoms with E-state index >= 15 is 0 Å². The van der Waals surface area contributed by atoms with Crippen LogP contribution in [-0.4, -0.2) is 40.4 Å². The van der Waals surface area contributed by atoms with Crippen molar-refractivity contribution in [3.63, 3.8) is 0 Å². The Hall–Kier alpha value is -2.00. The number of benzene rings is 2. The zero-order valence-electron chi connectivity index (χ0n) is 17.6. The summed E-state index contributed by atoms with van der Waals surface area (Å²) >= 11 is 0. The van der Waals surface area contributed by atoms with Crippen molar-refractivity contribution in [1.82, 2.24) is 10.6 Å². The van der Waals surface area contributed by atoms with Crippen LogP contribution in [0.3, 0.4) is 0 Å². The van der Waals surface area contributed by atoms with Crippen molar-refractivity contribution in [2.75, 3.05) is 34.4 Å². The lowest BCUT2D eigenvalue weighted by atomic mass is 10.2. The van der Waals surface area contributed by atoms with Gasteiger partial charge in [0.1, 0.15) is 11.5 Å². The van der Waals surface area contributed by atoms with E-state index in [0.717, 1.165) is 29.6 Å². The number of halogens is 1. The molecule has 0 bridgehead atoms. The van der Waals surface area contributed by atoms with Crippen LogP contribution in [0.15, 0.2) is 53.5 Å². The summed E-state index contributed by atoms with van der Waals surface area (Å²) in [6.45, 7) is 4.85. The highest BCUT2D eigenvalue weighted by Gasteiger charge is 2.08. The Kier molecular flexibility index (Phi) is 12.1. The molecule has 2 aromatic carbocycles. The highest BCUT2D eigenvalue weighted by molar-refractivity contribution is 14.0. The predicted molar refractivity (Wildman–Crippen MR) is 128 cm³/mol. The molecule has 0 aliphatic rings. The summed E-state index contributed by atoms with van der Waals surface area (Å²) in [5, 5.41) is 6.65. The molecule has 0 spiro atoms. The van der Waals surface area contributed by atoms with Gasteiger partial charge >= 0.3 is 0 Å². The van der Waals surface area contributed by atoms with Gasteiger partial charge in [0.15, 0.2) is 5.96 Å². The molecular weight excluding hydrogens is 481 g/mol. The van der Waals surface area contributed by atoms with Crippen LogP contribution in [0.25, 0.3) is 0 Å². The standard InChI is InChI=1S/C22H31N3O3.HI/c1-17(15-28-16-18-8-6-5-7-9-18)13-24-22(23-2)25-14-19-10-11-20(26-3)12-21(19)27-4;/h5-12,17H,13-16H2,1-4H3,(H2,23,24,25);1H. The van der Waals surface area contributed by atoms with Crippen LogP contribution in [0, 0.1) is 5.92 Å². The normalized spacial score (nSPS) is 11.9. The van der Waals surface area contributed by atoms with Crippen LogP contribution in [0.2, 0.25) is 0 Å². The lowest BCUT2D eigenvalue weighted by molar-refractivity contribution is 0.0931. The Balaban J connectivity index is 0.00000420. The molecule has 2 aromatic rings. The molecule has 1 unspecified atom stereocenters. The number of methoxy groups -OCH3 is 2. The van der Waals surface area contributed by atoms with Gasteiger partial charge in [-0.1, -0.05) is 37.3 Å². The molecule has 2 rings (SSSR count). The molecule has 160 valence electrons. The number of nitrogens with one attached hydrogen (secondary N) is 2. The molecule has 1 atom stereocenters. The first-order chi connectivity index (χ1) is 13.7. The van der Waals surface area contributed by atoms with Crippen LogP contribution in [0.4, 0.5) is 0 Å². The summed E-state index contributed by atoms with van der Waals surface area (Å²) in [4.78, 5) is 4.28. The number of rotatable bonds is 10. The molecule has 29 heavy (non-hydrogen) atoms. The Labute approximate surface area is 191 Å². The lowest BCUT2D eigenvalue weighted by Gasteiger charge is -2.17. The van der Waals surface area contributed by atoms with Crippen LogP contribution < -0.4 is 20.1 Å².